The highest BCUT2D eigenvalue weighted by Gasteiger charge is 2.21. The highest BCUT2D eigenvalue weighted by Crippen LogP contribution is 2.37. The van der Waals surface area contributed by atoms with Crippen molar-refractivity contribution in [3.05, 3.63) is 89.0 Å². The first kappa shape index (κ1) is 16.3. The van der Waals surface area contributed by atoms with Gasteiger partial charge < -0.3 is 4.57 Å². The molecule has 2 aromatic heterocycles. The van der Waals surface area contributed by atoms with E-state index < -0.39 is 0 Å². The number of aryl methyl sites for hydroxylation is 1. The number of nitro groups is 1. The maximum atomic E-state index is 11.3. The average Bonchev–Trinajstić information content (AvgIpc) is 3.26. The standard InChI is InChI=1S/C22H16N4O2/c1-24-19-13-6-5-12-18(19)20-21(15-8-7-11-17(14-15)26(27)28)23-25(22(20)24)16-9-3-2-4-10-16/h2-14H,1H3. The van der Waals surface area contributed by atoms with E-state index in [1.165, 1.54) is 6.07 Å². The van der Waals surface area contributed by atoms with Gasteiger partial charge in [0, 0.05) is 30.1 Å². The van der Waals surface area contributed by atoms with Crippen LogP contribution >= 0.6 is 0 Å². The summed E-state index contributed by atoms with van der Waals surface area (Å²) in [6.45, 7) is 0. The van der Waals surface area contributed by atoms with Crippen molar-refractivity contribution in [2.24, 2.45) is 7.05 Å². The molecule has 0 spiro atoms. The predicted octanol–water partition coefficient (Wildman–Crippen LogP) is 5.09. The van der Waals surface area contributed by atoms with Crippen LogP contribution in [0.5, 0.6) is 0 Å². The van der Waals surface area contributed by atoms with Crippen LogP contribution in [0.1, 0.15) is 0 Å². The van der Waals surface area contributed by atoms with Crippen molar-refractivity contribution < 1.29 is 4.92 Å². The summed E-state index contributed by atoms with van der Waals surface area (Å²) in [5.41, 5.74) is 4.50. The number of nitro benzene ring substituents is 1. The van der Waals surface area contributed by atoms with E-state index in [9.17, 15) is 10.1 Å². The van der Waals surface area contributed by atoms with Crippen LogP contribution in [-0.2, 0) is 7.05 Å². The van der Waals surface area contributed by atoms with Crippen LogP contribution in [0.2, 0.25) is 0 Å². The van der Waals surface area contributed by atoms with Gasteiger partial charge in [-0.1, -0.05) is 48.5 Å². The van der Waals surface area contributed by atoms with Gasteiger partial charge in [-0.3, -0.25) is 10.1 Å². The van der Waals surface area contributed by atoms with E-state index in [1.54, 1.807) is 12.1 Å². The Kier molecular flexibility index (Phi) is 3.52. The Balaban J connectivity index is 1.91. The number of fused-ring (bicyclic) bond motifs is 3. The Morgan fingerprint density at radius 1 is 0.929 bits per heavy atom. The zero-order chi connectivity index (χ0) is 19.3. The molecule has 2 heterocycles. The second kappa shape index (κ2) is 6.06. The molecule has 136 valence electrons. The quantitative estimate of drug-likeness (QED) is 0.329. The summed E-state index contributed by atoms with van der Waals surface area (Å²) >= 11 is 0. The first-order valence-electron chi connectivity index (χ1n) is 8.91. The van der Waals surface area contributed by atoms with Crippen molar-refractivity contribution in [3.8, 4) is 16.9 Å². The van der Waals surface area contributed by atoms with Gasteiger partial charge in [-0.15, -0.1) is 0 Å². The lowest BCUT2D eigenvalue weighted by molar-refractivity contribution is -0.384. The number of hydrogen-bond acceptors (Lipinski definition) is 3. The summed E-state index contributed by atoms with van der Waals surface area (Å²) in [5, 5.41) is 18.2. The normalized spacial score (nSPS) is 11.3. The molecule has 0 aliphatic carbocycles. The minimum atomic E-state index is -0.377. The van der Waals surface area contributed by atoms with Gasteiger partial charge in [-0.25, -0.2) is 4.68 Å². The highest BCUT2D eigenvalue weighted by atomic mass is 16.6. The Morgan fingerprint density at radius 2 is 1.68 bits per heavy atom. The molecule has 3 aromatic carbocycles. The molecule has 5 rings (SSSR count). The molecule has 0 aliphatic heterocycles. The van der Waals surface area contributed by atoms with Gasteiger partial charge in [0.25, 0.3) is 5.69 Å². The zero-order valence-electron chi connectivity index (χ0n) is 15.1. The van der Waals surface area contributed by atoms with Crippen molar-refractivity contribution in [2.45, 2.75) is 0 Å². The highest BCUT2D eigenvalue weighted by molar-refractivity contribution is 6.13. The van der Waals surface area contributed by atoms with Gasteiger partial charge in [0.2, 0.25) is 0 Å². The monoisotopic (exact) mass is 368 g/mol. The van der Waals surface area contributed by atoms with Crippen LogP contribution in [0, 0.1) is 10.1 Å². The Bertz CT molecular complexity index is 1350. The van der Waals surface area contributed by atoms with Crippen LogP contribution in [-0.4, -0.2) is 19.3 Å². The molecule has 0 bridgehead atoms. The molecule has 28 heavy (non-hydrogen) atoms. The van der Waals surface area contributed by atoms with E-state index in [1.807, 2.05) is 60.3 Å². The third-order valence-corrected chi connectivity index (χ3v) is 5.04. The van der Waals surface area contributed by atoms with Crippen LogP contribution in [0.25, 0.3) is 38.9 Å². The van der Waals surface area contributed by atoms with E-state index >= 15 is 0 Å². The maximum absolute atomic E-state index is 11.3. The third-order valence-electron chi connectivity index (χ3n) is 5.04. The van der Waals surface area contributed by atoms with Crippen LogP contribution in [0.15, 0.2) is 78.9 Å². The van der Waals surface area contributed by atoms with Gasteiger partial charge in [0.15, 0.2) is 0 Å². The molecular weight excluding hydrogens is 352 g/mol. The molecule has 0 saturated carbocycles. The Labute approximate surface area is 160 Å². The summed E-state index contributed by atoms with van der Waals surface area (Å²) < 4.78 is 4.02. The summed E-state index contributed by atoms with van der Waals surface area (Å²) in [4.78, 5) is 10.9. The van der Waals surface area contributed by atoms with Crippen LogP contribution in [0.4, 0.5) is 5.69 Å². The molecule has 0 unspecified atom stereocenters. The third kappa shape index (κ3) is 2.31. The fourth-order valence-corrected chi connectivity index (χ4v) is 3.78. The molecule has 0 amide bonds. The first-order valence-corrected chi connectivity index (χ1v) is 8.91. The Morgan fingerprint density at radius 3 is 2.46 bits per heavy atom. The van der Waals surface area contributed by atoms with Crippen molar-refractivity contribution in [1.82, 2.24) is 14.3 Å². The maximum Gasteiger partial charge on any atom is 0.270 e. The lowest BCUT2D eigenvalue weighted by atomic mass is 10.1. The van der Waals surface area contributed by atoms with Gasteiger partial charge in [-0.2, -0.15) is 5.10 Å². The second-order valence-corrected chi connectivity index (χ2v) is 6.68. The lowest BCUT2D eigenvalue weighted by Crippen LogP contribution is -2.01. The van der Waals surface area contributed by atoms with Gasteiger partial charge >= 0.3 is 0 Å². The molecule has 0 aliphatic rings. The number of benzene rings is 3. The topological polar surface area (TPSA) is 65.9 Å². The molecule has 5 aromatic rings. The minimum Gasteiger partial charge on any atom is -0.328 e. The van der Waals surface area contributed by atoms with E-state index in [-0.39, 0.29) is 10.6 Å². The van der Waals surface area contributed by atoms with E-state index in [4.69, 9.17) is 5.10 Å². The van der Waals surface area contributed by atoms with Gasteiger partial charge in [-0.05, 0) is 18.2 Å². The Hall–Kier alpha value is -3.93. The van der Waals surface area contributed by atoms with Gasteiger partial charge in [0.05, 0.1) is 21.5 Å². The van der Waals surface area contributed by atoms with E-state index in [2.05, 4.69) is 16.7 Å². The number of hydrogen-bond donors (Lipinski definition) is 0. The molecule has 0 N–H and O–H groups in total. The predicted molar refractivity (Wildman–Crippen MR) is 110 cm³/mol. The van der Waals surface area contributed by atoms with Crippen molar-refractivity contribution in [1.29, 1.82) is 0 Å². The van der Waals surface area contributed by atoms with Crippen molar-refractivity contribution in [2.75, 3.05) is 0 Å². The van der Waals surface area contributed by atoms with E-state index in [0.29, 0.717) is 0 Å². The molecule has 0 radical (unpaired) electrons. The number of non-ortho nitro benzene ring substituents is 1. The van der Waals surface area contributed by atoms with Crippen LogP contribution in [0.3, 0.4) is 0 Å². The number of aromatic nitrogens is 3. The molecule has 6 heteroatoms. The second-order valence-electron chi connectivity index (χ2n) is 6.68. The average molecular weight is 368 g/mol. The molecular formula is C22H16N4O2. The molecule has 0 fully saturated rings. The molecule has 6 nitrogen and oxygen atoms in total. The van der Waals surface area contributed by atoms with Gasteiger partial charge in [0.1, 0.15) is 11.3 Å². The lowest BCUT2D eigenvalue weighted by Gasteiger charge is -2.05. The number of rotatable bonds is 3. The number of nitrogens with zero attached hydrogens (tertiary/aromatic N) is 4. The first-order chi connectivity index (χ1) is 13.6. The van der Waals surface area contributed by atoms with E-state index in [0.717, 1.165) is 38.9 Å². The number of para-hydroxylation sites is 2. The van der Waals surface area contributed by atoms with Crippen molar-refractivity contribution >= 4 is 27.6 Å². The summed E-state index contributed by atoms with van der Waals surface area (Å²) in [7, 11) is 2.02. The minimum absolute atomic E-state index is 0.0557. The largest absolute Gasteiger partial charge is 0.328 e. The molecule has 0 atom stereocenters. The van der Waals surface area contributed by atoms with Crippen LogP contribution < -0.4 is 0 Å². The summed E-state index contributed by atoms with van der Waals surface area (Å²) in [6.07, 6.45) is 0. The zero-order valence-corrected chi connectivity index (χ0v) is 15.1. The molecule has 0 saturated heterocycles. The van der Waals surface area contributed by atoms with Crippen molar-refractivity contribution in [3.63, 3.8) is 0 Å². The summed E-state index contributed by atoms with van der Waals surface area (Å²) in [6, 6.07) is 24.7. The fraction of sp³-hybridized carbons (Fsp3) is 0.0455. The smallest absolute Gasteiger partial charge is 0.270 e. The summed E-state index contributed by atoms with van der Waals surface area (Å²) in [5.74, 6) is 0. The SMILES string of the molecule is Cn1c2ccccc2c2c(-c3cccc([N+](=O)[O-])c3)nn(-c3ccccc3)c21. The fourth-order valence-electron chi connectivity index (χ4n) is 3.78.